The Morgan fingerprint density at radius 1 is 1.35 bits per heavy atom. The van der Waals surface area contributed by atoms with Gasteiger partial charge in [-0.15, -0.1) is 0 Å². The number of aliphatic hydroxyl groups is 1. The van der Waals surface area contributed by atoms with Crippen LogP contribution in [0.25, 0.3) is 0 Å². The van der Waals surface area contributed by atoms with Crippen LogP contribution in [0, 0.1) is 18.8 Å². The predicted octanol–water partition coefficient (Wildman–Crippen LogP) is 3.41. The first-order valence-corrected chi connectivity index (χ1v) is 6.89. The van der Waals surface area contributed by atoms with Crippen molar-refractivity contribution in [2.45, 2.75) is 33.3 Å². The molecule has 0 saturated heterocycles. The van der Waals surface area contributed by atoms with Crippen molar-refractivity contribution in [3.63, 3.8) is 0 Å². The van der Waals surface area contributed by atoms with Crippen molar-refractivity contribution in [2.75, 3.05) is 6.54 Å². The third kappa shape index (κ3) is 4.09. The Morgan fingerprint density at radius 3 is 2.53 bits per heavy atom. The van der Waals surface area contributed by atoms with Crippen molar-refractivity contribution in [1.29, 1.82) is 0 Å². The highest BCUT2D eigenvalue weighted by Crippen LogP contribution is 2.30. The first kappa shape index (κ1) is 14.7. The van der Waals surface area contributed by atoms with E-state index < -0.39 is 6.10 Å². The van der Waals surface area contributed by atoms with Crippen molar-refractivity contribution in [3.05, 3.63) is 33.8 Å². The van der Waals surface area contributed by atoms with Gasteiger partial charge in [-0.05, 0) is 49.1 Å². The standard InChI is InChI=1S/C14H22BrNO/c1-9(2)6-11(8-16)14(17)13-7-12(15)5-4-10(13)3/h4-5,7,9,11,14,17H,6,8,16H2,1-3H3. The zero-order chi connectivity index (χ0) is 13.0. The van der Waals surface area contributed by atoms with Crippen LogP contribution < -0.4 is 5.73 Å². The fourth-order valence-corrected chi connectivity index (χ4v) is 2.52. The normalized spacial score (nSPS) is 15.0. The zero-order valence-electron chi connectivity index (χ0n) is 10.8. The first-order valence-electron chi connectivity index (χ1n) is 6.09. The highest BCUT2D eigenvalue weighted by Gasteiger charge is 2.22. The van der Waals surface area contributed by atoms with E-state index in [2.05, 4.69) is 29.8 Å². The maximum atomic E-state index is 10.4. The number of hydrogen-bond donors (Lipinski definition) is 2. The minimum absolute atomic E-state index is 0.128. The van der Waals surface area contributed by atoms with Gasteiger partial charge in [-0.1, -0.05) is 35.8 Å². The number of halogens is 1. The van der Waals surface area contributed by atoms with Crippen molar-refractivity contribution < 1.29 is 5.11 Å². The molecule has 3 N–H and O–H groups in total. The van der Waals surface area contributed by atoms with Crippen LogP contribution in [-0.2, 0) is 0 Å². The van der Waals surface area contributed by atoms with Gasteiger partial charge >= 0.3 is 0 Å². The Bertz CT molecular complexity index is 365. The molecule has 1 rings (SSSR count). The molecule has 2 unspecified atom stereocenters. The summed E-state index contributed by atoms with van der Waals surface area (Å²) in [5.41, 5.74) is 7.87. The van der Waals surface area contributed by atoms with Crippen LogP contribution >= 0.6 is 15.9 Å². The molecule has 3 heteroatoms. The molecule has 0 saturated carbocycles. The summed E-state index contributed by atoms with van der Waals surface area (Å²) >= 11 is 3.44. The lowest BCUT2D eigenvalue weighted by atomic mass is 9.87. The highest BCUT2D eigenvalue weighted by molar-refractivity contribution is 9.10. The van der Waals surface area contributed by atoms with E-state index in [1.807, 2.05) is 25.1 Å². The maximum Gasteiger partial charge on any atom is 0.0833 e. The Labute approximate surface area is 112 Å². The third-order valence-corrected chi connectivity index (χ3v) is 3.58. The van der Waals surface area contributed by atoms with Crippen molar-refractivity contribution in [1.82, 2.24) is 0 Å². The van der Waals surface area contributed by atoms with Crippen LogP contribution in [0.5, 0.6) is 0 Å². The highest BCUT2D eigenvalue weighted by atomic mass is 79.9. The van der Waals surface area contributed by atoms with Crippen LogP contribution in [-0.4, -0.2) is 11.7 Å². The maximum absolute atomic E-state index is 10.4. The minimum atomic E-state index is -0.472. The van der Waals surface area contributed by atoms with Gasteiger partial charge in [0, 0.05) is 10.4 Å². The Balaban J connectivity index is 2.92. The van der Waals surface area contributed by atoms with Gasteiger partial charge in [0.1, 0.15) is 0 Å². The minimum Gasteiger partial charge on any atom is -0.388 e. The Morgan fingerprint density at radius 2 is 2.00 bits per heavy atom. The van der Waals surface area contributed by atoms with Crippen LogP contribution in [0.2, 0.25) is 0 Å². The van der Waals surface area contributed by atoms with Gasteiger partial charge in [0.15, 0.2) is 0 Å². The fourth-order valence-electron chi connectivity index (χ4n) is 2.14. The summed E-state index contributed by atoms with van der Waals surface area (Å²) in [6.45, 7) is 6.85. The van der Waals surface area contributed by atoms with E-state index in [4.69, 9.17) is 5.73 Å². The molecule has 1 aromatic rings. The number of aliphatic hydroxyl groups excluding tert-OH is 1. The van der Waals surface area contributed by atoms with E-state index in [1.54, 1.807) is 0 Å². The molecule has 0 bridgehead atoms. The lowest BCUT2D eigenvalue weighted by Crippen LogP contribution is -2.24. The van der Waals surface area contributed by atoms with Gasteiger partial charge < -0.3 is 10.8 Å². The molecule has 0 spiro atoms. The molecule has 0 aromatic heterocycles. The van der Waals surface area contributed by atoms with Gasteiger partial charge in [0.05, 0.1) is 6.10 Å². The molecule has 0 fully saturated rings. The Kier molecular flexibility index (Phi) is 5.63. The first-order chi connectivity index (χ1) is 7.95. The molecule has 2 nitrogen and oxygen atoms in total. The summed E-state index contributed by atoms with van der Waals surface area (Å²) in [6.07, 6.45) is 0.476. The van der Waals surface area contributed by atoms with E-state index in [1.165, 1.54) is 0 Å². The molecule has 0 aliphatic heterocycles. The van der Waals surface area contributed by atoms with Crippen LogP contribution in [0.15, 0.2) is 22.7 Å². The van der Waals surface area contributed by atoms with Crippen molar-refractivity contribution >= 4 is 15.9 Å². The second-order valence-corrected chi connectivity index (χ2v) is 5.99. The van der Waals surface area contributed by atoms with E-state index in [0.29, 0.717) is 12.5 Å². The smallest absolute Gasteiger partial charge is 0.0833 e. The molecule has 0 heterocycles. The topological polar surface area (TPSA) is 46.2 Å². The lowest BCUT2D eigenvalue weighted by molar-refractivity contribution is 0.0988. The van der Waals surface area contributed by atoms with E-state index in [-0.39, 0.29) is 5.92 Å². The zero-order valence-corrected chi connectivity index (χ0v) is 12.4. The van der Waals surface area contributed by atoms with Gasteiger partial charge in [-0.25, -0.2) is 0 Å². The summed E-state index contributed by atoms with van der Waals surface area (Å²) in [5, 5.41) is 10.4. The summed E-state index contributed by atoms with van der Waals surface area (Å²) in [4.78, 5) is 0. The summed E-state index contributed by atoms with van der Waals surface area (Å²) in [5.74, 6) is 0.675. The Hall–Kier alpha value is -0.380. The quantitative estimate of drug-likeness (QED) is 0.875. The number of nitrogens with two attached hydrogens (primary N) is 1. The second kappa shape index (κ2) is 6.53. The third-order valence-electron chi connectivity index (χ3n) is 3.08. The molecule has 0 aliphatic rings. The molecule has 0 radical (unpaired) electrons. The number of aryl methyl sites for hydroxylation is 1. The van der Waals surface area contributed by atoms with Gasteiger partial charge in [0.25, 0.3) is 0 Å². The van der Waals surface area contributed by atoms with Crippen LogP contribution in [0.3, 0.4) is 0 Å². The molecular formula is C14H22BrNO. The molecule has 1 aromatic carbocycles. The van der Waals surface area contributed by atoms with Crippen LogP contribution in [0.1, 0.15) is 37.5 Å². The fraction of sp³-hybridized carbons (Fsp3) is 0.571. The summed E-state index contributed by atoms with van der Waals surface area (Å²) in [6, 6.07) is 6.00. The van der Waals surface area contributed by atoms with E-state index in [9.17, 15) is 5.11 Å². The molecule has 0 aliphatic carbocycles. The van der Waals surface area contributed by atoms with Crippen molar-refractivity contribution in [2.24, 2.45) is 17.6 Å². The predicted molar refractivity (Wildman–Crippen MR) is 75.8 cm³/mol. The van der Waals surface area contributed by atoms with Crippen LogP contribution in [0.4, 0.5) is 0 Å². The summed E-state index contributed by atoms with van der Waals surface area (Å²) in [7, 11) is 0. The van der Waals surface area contributed by atoms with E-state index in [0.717, 1.165) is 22.0 Å². The molecular weight excluding hydrogens is 278 g/mol. The largest absolute Gasteiger partial charge is 0.388 e. The van der Waals surface area contributed by atoms with Gasteiger partial charge in [-0.2, -0.15) is 0 Å². The average molecular weight is 300 g/mol. The summed E-state index contributed by atoms with van der Waals surface area (Å²) < 4.78 is 0.998. The SMILES string of the molecule is Cc1ccc(Br)cc1C(O)C(CN)CC(C)C. The average Bonchev–Trinajstić information content (AvgIpc) is 2.28. The number of rotatable bonds is 5. The second-order valence-electron chi connectivity index (χ2n) is 5.07. The molecule has 96 valence electrons. The van der Waals surface area contributed by atoms with Crippen molar-refractivity contribution in [3.8, 4) is 0 Å². The molecule has 0 amide bonds. The molecule has 2 atom stereocenters. The van der Waals surface area contributed by atoms with Gasteiger partial charge in [0.2, 0.25) is 0 Å². The lowest BCUT2D eigenvalue weighted by Gasteiger charge is -2.25. The van der Waals surface area contributed by atoms with E-state index >= 15 is 0 Å². The molecule has 17 heavy (non-hydrogen) atoms. The number of hydrogen-bond acceptors (Lipinski definition) is 2. The number of benzene rings is 1. The van der Waals surface area contributed by atoms with Gasteiger partial charge in [-0.3, -0.25) is 0 Å². The monoisotopic (exact) mass is 299 g/mol.